The highest BCUT2D eigenvalue weighted by molar-refractivity contribution is 7.08. The number of rotatable bonds is 3. The van der Waals surface area contributed by atoms with Gasteiger partial charge in [-0.25, -0.2) is 4.79 Å². The van der Waals surface area contributed by atoms with Crippen LogP contribution in [-0.2, 0) is 0 Å². The molecule has 21 heavy (non-hydrogen) atoms. The lowest BCUT2D eigenvalue weighted by Gasteiger charge is -2.04. The highest BCUT2D eigenvalue weighted by Crippen LogP contribution is 2.27. The third kappa shape index (κ3) is 2.64. The second kappa shape index (κ2) is 5.38. The zero-order chi connectivity index (χ0) is 14.8. The largest absolute Gasteiger partial charge is 0.507 e. The second-order valence-electron chi connectivity index (χ2n) is 4.38. The smallest absolute Gasteiger partial charge is 0.336 e. The van der Waals surface area contributed by atoms with Crippen molar-refractivity contribution in [2.75, 3.05) is 0 Å². The molecule has 0 saturated carbocycles. The van der Waals surface area contributed by atoms with Gasteiger partial charge < -0.3 is 9.52 Å². The first kappa shape index (κ1) is 13.3. The predicted molar refractivity (Wildman–Crippen MR) is 81.8 cm³/mol. The van der Waals surface area contributed by atoms with E-state index in [1.165, 1.54) is 41.7 Å². The summed E-state index contributed by atoms with van der Waals surface area (Å²) < 4.78 is 5.02. The number of benzene rings is 1. The van der Waals surface area contributed by atoms with Crippen LogP contribution in [0.2, 0.25) is 0 Å². The average Bonchev–Trinajstić information content (AvgIpc) is 2.98. The molecule has 4 nitrogen and oxygen atoms in total. The van der Waals surface area contributed by atoms with Crippen molar-refractivity contribution < 1.29 is 14.3 Å². The Balaban J connectivity index is 2.08. The normalized spacial score (nSPS) is 11.2. The molecule has 0 atom stereocenters. The van der Waals surface area contributed by atoms with Crippen LogP contribution < -0.4 is 5.63 Å². The summed E-state index contributed by atoms with van der Waals surface area (Å²) >= 11 is 1.53. The second-order valence-corrected chi connectivity index (χ2v) is 5.16. The fraction of sp³-hybridized carbons (Fsp3) is 0. The van der Waals surface area contributed by atoms with Crippen LogP contribution in [0.1, 0.15) is 15.9 Å². The van der Waals surface area contributed by atoms with Crippen molar-refractivity contribution in [3.05, 3.63) is 68.7 Å². The standard InChI is InChI=1S/C16H10O4S/c17-12(3-1-10-7-8-21-9-10)16-11-2-6-15(19)20-14(11)5-4-13(16)18/h1-9,18H. The Hall–Kier alpha value is -2.66. The van der Waals surface area contributed by atoms with Gasteiger partial charge >= 0.3 is 5.63 Å². The average molecular weight is 298 g/mol. The third-order valence-electron chi connectivity index (χ3n) is 3.00. The van der Waals surface area contributed by atoms with Gasteiger partial charge in [-0.2, -0.15) is 11.3 Å². The molecule has 1 aromatic carbocycles. The molecule has 0 spiro atoms. The van der Waals surface area contributed by atoms with Gasteiger partial charge in [0.1, 0.15) is 11.3 Å². The maximum absolute atomic E-state index is 12.3. The van der Waals surface area contributed by atoms with Crippen molar-refractivity contribution in [2.45, 2.75) is 0 Å². The molecule has 5 heteroatoms. The van der Waals surface area contributed by atoms with E-state index in [4.69, 9.17) is 4.42 Å². The molecule has 0 bridgehead atoms. The molecule has 1 N–H and O–H groups in total. The van der Waals surface area contributed by atoms with E-state index in [0.29, 0.717) is 5.39 Å². The van der Waals surface area contributed by atoms with Crippen LogP contribution >= 0.6 is 11.3 Å². The molecule has 2 aromatic heterocycles. The van der Waals surface area contributed by atoms with Gasteiger partial charge in [-0.05, 0) is 46.7 Å². The third-order valence-corrected chi connectivity index (χ3v) is 3.70. The van der Waals surface area contributed by atoms with Crippen LogP contribution in [0.25, 0.3) is 17.0 Å². The summed E-state index contributed by atoms with van der Waals surface area (Å²) in [4.78, 5) is 23.5. The minimum absolute atomic E-state index is 0.128. The molecule has 0 fully saturated rings. The molecule has 0 saturated heterocycles. The summed E-state index contributed by atoms with van der Waals surface area (Å²) in [7, 11) is 0. The topological polar surface area (TPSA) is 67.5 Å². The number of hydrogen-bond donors (Lipinski definition) is 1. The van der Waals surface area contributed by atoms with E-state index in [2.05, 4.69) is 0 Å². The maximum Gasteiger partial charge on any atom is 0.336 e. The Morgan fingerprint density at radius 1 is 1.19 bits per heavy atom. The molecule has 0 unspecified atom stereocenters. The maximum atomic E-state index is 12.3. The molecule has 2 heterocycles. The van der Waals surface area contributed by atoms with Gasteiger partial charge in [-0.3, -0.25) is 4.79 Å². The molecule has 0 radical (unpaired) electrons. The summed E-state index contributed by atoms with van der Waals surface area (Å²) in [6.45, 7) is 0. The Labute approximate surface area is 123 Å². The van der Waals surface area contributed by atoms with Crippen LogP contribution in [0.5, 0.6) is 5.75 Å². The quantitative estimate of drug-likeness (QED) is 0.457. The number of carbonyl (C=O) groups excluding carboxylic acids is 1. The Morgan fingerprint density at radius 2 is 2.05 bits per heavy atom. The van der Waals surface area contributed by atoms with E-state index in [-0.39, 0.29) is 22.7 Å². The lowest BCUT2D eigenvalue weighted by molar-refractivity contribution is 0.104. The number of ketones is 1. The van der Waals surface area contributed by atoms with Crippen LogP contribution in [0.4, 0.5) is 0 Å². The van der Waals surface area contributed by atoms with Crippen molar-refractivity contribution in [2.24, 2.45) is 0 Å². The molecule has 104 valence electrons. The minimum Gasteiger partial charge on any atom is -0.507 e. The van der Waals surface area contributed by atoms with Crippen molar-refractivity contribution in [1.82, 2.24) is 0 Å². The molecule has 0 aliphatic carbocycles. The first-order valence-corrected chi connectivity index (χ1v) is 7.10. The van der Waals surface area contributed by atoms with Crippen molar-refractivity contribution in [1.29, 1.82) is 0 Å². The predicted octanol–water partition coefficient (Wildman–Crippen LogP) is 3.46. The molecule has 3 aromatic rings. The number of allylic oxidation sites excluding steroid dienone is 1. The van der Waals surface area contributed by atoms with E-state index in [0.717, 1.165) is 5.56 Å². The van der Waals surface area contributed by atoms with Crippen LogP contribution in [-0.4, -0.2) is 10.9 Å². The van der Waals surface area contributed by atoms with Gasteiger partial charge in [0.05, 0.1) is 5.56 Å². The molecule has 0 aliphatic rings. The Bertz CT molecular complexity index is 888. The van der Waals surface area contributed by atoms with Gasteiger partial charge in [0, 0.05) is 11.5 Å². The number of carbonyl (C=O) groups is 1. The molecule has 0 amide bonds. The fourth-order valence-corrected chi connectivity index (χ4v) is 2.65. The van der Waals surface area contributed by atoms with E-state index in [9.17, 15) is 14.7 Å². The van der Waals surface area contributed by atoms with Gasteiger partial charge in [-0.15, -0.1) is 0 Å². The lowest BCUT2D eigenvalue weighted by atomic mass is 10.0. The number of phenolic OH excluding ortho intramolecular Hbond substituents is 1. The van der Waals surface area contributed by atoms with Crippen molar-refractivity contribution in [3.63, 3.8) is 0 Å². The molecular weight excluding hydrogens is 288 g/mol. The Morgan fingerprint density at radius 3 is 2.81 bits per heavy atom. The van der Waals surface area contributed by atoms with Crippen molar-refractivity contribution >= 4 is 34.2 Å². The van der Waals surface area contributed by atoms with Gasteiger partial charge in [0.15, 0.2) is 5.78 Å². The monoisotopic (exact) mass is 298 g/mol. The lowest BCUT2D eigenvalue weighted by Crippen LogP contribution is -2.00. The summed E-state index contributed by atoms with van der Waals surface area (Å²) in [5.74, 6) is -0.491. The number of thiophene rings is 1. The number of hydrogen-bond acceptors (Lipinski definition) is 5. The molecular formula is C16H10O4S. The zero-order valence-electron chi connectivity index (χ0n) is 10.8. The Kier molecular flexibility index (Phi) is 3.41. The van der Waals surface area contributed by atoms with Crippen LogP contribution in [0.15, 0.2) is 56.4 Å². The van der Waals surface area contributed by atoms with E-state index in [1.54, 1.807) is 6.08 Å². The summed E-state index contributed by atoms with van der Waals surface area (Å²) in [6.07, 6.45) is 3.07. The summed E-state index contributed by atoms with van der Waals surface area (Å²) in [5.41, 5.74) is 0.815. The SMILES string of the molecule is O=C(C=Cc1ccsc1)c1c(O)ccc2oc(=O)ccc12. The fourth-order valence-electron chi connectivity index (χ4n) is 2.02. The van der Waals surface area contributed by atoms with Gasteiger partial charge in [-0.1, -0.05) is 6.08 Å². The van der Waals surface area contributed by atoms with Crippen LogP contribution in [0, 0.1) is 0 Å². The highest BCUT2D eigenvalue weighted by atomic mass is 32.1. The number of phenols is 1. The number of fused-ring (bicyclic) bond motifs is 1. The minimum atomic E-state index is -0.500. The van der Waals surface area contributed by atoms with Crippen LogP contribution in [0.3, 0.4) is 0 Å². The van der Waals surface area contributed by atoms with E-state index < -0.39 is 5.63 Å². The molecule has 0 aliphatic heterocycles. The van der Waals surface area contributed by atoms with Crippen molar-refractivity contribution in [3.8, 4) is 5.75 Å². The molecule has 3 rings (SSSR count). The number of aromatic hydroxyl groups is 1. The summed E-state index contributed by atoms with van der Waals surface area (Å²) in [5, 5.41) is 14.2. The summed E-state index contributed by atoms with van der Waals surface area (Å²) in [6, 6.07) is 7.40. The van der Waals surface area contributed by atoms with E-state index >= 15 is 0 Å². The van der Waals surface area contributed by atoms with Gasteiger partial charge in [0.25, 0.3) is 0 Å². The van der Waals surface area contributed by atoms with E-state index in [1.807, 2.05) is 16.8 Å². The highest BCUT2D eigenvalue weighted by Gasteiger charge is 2.14. The zero-order valence-corrected chi connectivity index (χ0v) is 11.6. The first-order chi connectivity index (χ1) is 10.1. The first-order valence-electron chi connectivity index (χ1n) is 6.15. The van der Waals surface area contributed by atoms with Gasteiger partial charge in [0.2, 0.25) is 0 Å².